The number of hydrogen-bond acceptors (Lipinski definition) is 2. The Bertz CT molecular complexity index is 538. The minimum absolute atomic E-state index is 0.0511. The quantitative estimate of drug-likeness (QED) is 0.919. The summed E-state index contributed by atoms with van der Waals surface area (Å²) in [6.45, 7) is 4.69. The summed E-state index contributed by atoms with van der Waals surface area (Å²) in [5.41, 5.74) is -0.764. The van der Waals surface area contributed by atoms with Crippen LogP contribution >= 0.6 is 0 Å². The van der Waals surface area contributed by atoms with Crippen molar-refractivity contribution in [2.75, 3.05) is 13.1 Å². The minimum Gasteiger partial charge on any atom is -0.490 e. The van der Waals surface area contributed by atoms with Crippen LogP contribution < -0.4 is 10.1 Å². The van der Waals surface area contributed by atoms with Gasteiger partial charge in [0.05, 0.1) is 5.56 Å². The Morgan fingerprint density at radius 1 is 1.26 bits per heavy atom. The predicted octanol–water partition coefficient (Wildman–Crippen LogP) is 3.67. The minimum atomic E-state index is -4.44. The highest BCUT2D eigenvalue weighted by atomic mass is 19.4. The number of benzene rings is 1. The van der Waals surface area contributed by atoms with Gasteiger partial charge in [0, 0.05) is 32.0 Å². The zero-order chi connectivity index (χ0) is 17.0. The summed E-state index contributed by atoms with van der Waals surface area (Å²) in [5, 5.41) is 2.80. The third kappa shape index (κ3) is 4.77. The molecule has 7 heteroatoms. The van der Waals surface area contributed by atoms with Gasteiger partial charge >= 0.3 is 12.2 Å². The molecule has 1 aromatic rings. The number of urea groups is 1. The molecule has 0 atom stereocenters. The molecule has 2 rings (SSSR count). The normalized spacial score (nSPS) is 16.5. The Balaban J connectivity index is 1.94. The lowest BCUT2D eigenvalue weighted by atomic mass is 10.1. The van der Waals surface area contributed by atoms with Gasteiger partial charge in [-0.05, 0) is 26.0 Å². The van der Waals surface area contributed by atoms with Gasteiger partial charge in [0.2, 0.25) is 0 Å². The van der Waals surface area contributed by atoms with Gasteiger partial charge in [-0.25, -0.2) is 4.79 Å². The van der Waals surface area contributed by atoms with E-state index >= 15 is 0 Å². The van der Waals surface area contributed by atoms with Crippen molar-refractivity contribution in [3.8, 4) is 5.75 Å². The second-order valence-corrected chi connectivity index (χ2v) is 5.90. The molecular weight excluding hydrogens is 309 g/mol. The Hall–Kier alpha value is -1.92. The van der Waals surface area contributed by atoms with Gasteiger partial charge in [-0.15, -0.1) is 0 Å². The largest absolute Gasteiger partial charge is 0.490 e. The zero-order valence-corrected chi connectivity index (χ0v) is 13.2. The lowest BCUT2D eigenvalue weighted by molar-refractivity contribution is -0.139. The number of likely N-dealkylation sites (tertiary alicyclic amines) is 1. The summed E-state index contributed by atoms with van der Waals surface area (Å²) in [7, 11) is 0. The Morgan fingerprint density at radius 2 is 1.87 bits per heavy atom. The summed E-state index contributed by atoms with van der Waals surface area (Å²) in [6.07, 6.45) is -3.73. The van der Waals surface area contributed by atoms with E-state index in [1.165, 1.54) is 18.2 Å². The standard InChI is InChI=1S/C16H21F3N2O2/c1-11(2)20-15(22)21-9-7-12(8-10-21)23-14-6-4-3-5-13(14)16(17,18)19/h3-6,11-12H,7-10H2,1-2H3,(H,20,22). The molecule has 23 heavy (non-hydrogen) atoms. The molecule has 0 bridgehead atoms. The fourth-order valence-corrected chi connectivity index (χ4v) is 2.50. The maximum Gasteiger partial charge on any atom is 0.419 e. The van der Waals surface area contributed by atoms with Gasteiger partial charge in [-0.3, -0.25) is 0 Å². The lowest BCUT2D eigenvalue weighted by Crippen LogP contribution is -2.48. The number of carbonyl (C=O) groups is 1. The Morgan fingerprint density at radius 3 is 2.43 bits per heavy atom. The highest BCUT2D eigenvalue weighted by Crippen LogP contribution is 2.36. The average Bonchev–Trinajstić information content (AvgIpc) is 2.46. The highest BCUT2D eigenvalue weighted by molar-refractivity contribution is 5.74. The van der Waals surface area contributed by atoms with Crippen LogP contribution in [-0.4, -0.2) is 36.2 Å². The third-order valence-corrected chi connectivity index (χ3v) is 3.63. The number of para-hydroxylation sites is 1. The van der Waals surface area contributed by atoms with Crippen molar-refractivity contribution in [1.82, 2.24) is 10.2 Å². The molecule has 0 aromatic heterocycles. The van der Waals surface area contributed by atoms with E-state index in [1.807, 2.05) is 13.8 Å². The molecule has 1 aliphatic rings. The molecule has 128 valence electrons. The van der Waals surface area contributed by atoms with Crippen molar-refractivity contribution in [2.45, 2.75) is 45.0 Å². The topological polar surface area (TPSA) is 41.6 Å². The summed E-state index contributed by atoms with van der Waals surface area (Å²) in [6, 6.07) is 5.12. The van der Waals surface area contributed by atoms with Gasteiger partial charge in [0.15, 0.2) is 0 Å². The summed E-state index contributed by atoms with van der Waals surface area (Å²) in [4.78, 5) is 13.5. The van der Waals surface area contributed by atoms with Crippen LogP contribution in [0.25, 0.3) is 0 Å². The van der Waals surface area contributed by atoms with Gasteiger partial charge in [-0.1, -0.05) is 12.1 Å². The molecule has 0 saturated carbocycles. The summed E-state index contributed by atoms with van der Waals surface area (Å²) in [5.74, 6) is -0.148. The van der Waals surface area contributed by atoms with E-state index in [4.69, 9.17) is 4.74 Å². The van der Waals surface area contributed by atoms with Crippen molar-refractivity contribution in [2.24, 2.45) is 0 Å². The van der Waals surface area contributed by atoms with Crippen LogP contribution in [0.15, 0.2) is 24.3 Å². The molecular formula is C16H21F3N2O2. The molecule has 0 spiro atoms. The van der Waals surface area contributed by atoms with Crippen molar-refractivity contribution < 1.29 is 22.7 Å². The Kier molecular flexibility index (Phi) is 5.38. The number of nitrogens with zero attached hydrogens (tertiary/aromatic N) is 1. The fraction of sp³-hybridized carbons (Fsp3) is 0.562. The van der Waals surface area contributed by atoms with Gasteiger partial charge in [-0.2, -0.15) is 13.2 Å². The van der Waals surface area contributed by atoms with Crippen LogP contribution in [0.2, 0.25) is 0 Å². The van der Waals surface area contributed by atoms with E-state index in [9.17, 15) is 18.0 Å². The van der Waals surface area contributed by atoms with Crippen molar-refractivity contribution >= 4 is 6.03 Å². The van der Waals surface area contributed by atoms with Crippen molar-refractivity contribution in [1.29, 1.82) is 0 Å². The number of amides is 2. The lowest BCUT2D eigenvalue weighted by Gasteiger charge is -2.33. The first kappa shape index (κ1) is 17.4. The van der Waals surface area contributed by atoms with Crippen molar-refractivity contribution in [3.05, 3.63) is 29.8 Å². The molecule has 0 aliphatic carbocycles. The molecule has 0 radical (unpaired) electrons. The average molecular weight is 330 g/mol. The van der Waals surface area contributed by atoms with Crippen LogP contribution in [0, 0.1) is 0 Å². The van der Waals surface area contributed by atoms with E-state index in [0.29, 0.717) is 25.9 Å². The number of halogens is 3. The molecule has 1 fully saturated rings. The number of ether oxygens (including phenoxy) is 1. The molecule has 1 aromatic carbocycles. The van der Waals surface area contributed by atoms with E-state index in [0.717, 1.165) is 6.07 Å². The van der Waals surface area contributed by atoms with E-state index < -0.39 is 11.7 Å². The first-order valence-electron chi connectivity index (χ1n) is 7.65. The van der Waals surface area contributed by atoms with E-state index in [1.54, 1.807) is 4.90 Å². The predicted molar refractivity (Wildman–Crippen MR) is 80.3 cm³/mol. The second kappa shape index (κ2) is 7.10. The SMILES string of the molecule is CC(C)NC(=O)N1CCC(Oc2ccccc2C(F)(F)F)CC1. The smallest absolute Gasteiger partial charge is 0.419 e. The highest BCUT2D eigenvalue weighted by Gasteiger charge is 2.35. The second-order valence-electron chi connectivity index (χ2n) is 5.90. The maximum absolute atomic E-state index is 13.0. The van der Waals surface area contributed by atoms with Crippen LogP contribution in [0.5, 0.6) is 5.75 Å². The molecule has 1 heterocycles. The van der Waals surface area contributed by atoms with Crippen LogP contribution in [-0.2, 0) is 6.18 Å². The van der Waals surface area contributed by atoms with E-state index in [-0.39, 0.29) is 23.9 Å². The van der Waals surface area contributed by atoms with Gasteiger partial charge in [0.1, 0.15) is 11.9 Å². The first-order chi connectivity index (χ1) is 10.8. The van der Waals surface area contributed by atoms with Gasteiger partial charge in [0.25, 0.3) is 0 Å². The molecule has 1 saturated heterocycles. The zero-order valence-electron chi connectivity index (χ0n) is 13.2. The third-order valence-electron chi connectivity index (χ3n) is 3.63. The number of piperidine rings is 1. The van der Waals surface area contributed by atoms with Crippen LogP contribution in [0.1, 0.15) is 32.3 Å². The number of nitrogens with one attached hydrogen (secondary N) is 1. The summed E-state index contributed by atoms with van der Waals surface area (Å²) >= 11 is 0. The van der Waals surface area contributed by atoms with Gasteiger partial charge < -0.3 is 15.0 Å². The number of carbonyl (C=O) groups excluding carboxylic acids is 1. The first-order valence-corrected chi connectivity index (χ1v) is 7.65. The molecule has 0 unspecified atom stereocenters. The maximum atomic E-state index is 13.0. The fourth-order valence-electron chi connectivity index (χ4n) is 2.50. The summed E-state index contributed by atoms with van der Waals surface area (Å²) < 4.78 is 44.4. The number of rotatable bonds is 3. The Labute approximate surface area is 133 Å². The van der Waals surface area contributed by atoms with E-state index in [2.05, 4.69) is 5.32 Å². The molecule has 1 N–H and O–H groups in total. The molecule has 4 nitrogen and oxygen atoms in total. The van der Waals surface area contributed by atoms with Crippen LogP contribution in [0.4, 0.5) is 18.0 Å². The molecule has 2 amide bonds. The number of alkyl halides is 3. The number of hydrogen-bond donors (Lipinski definition) is 1. The van der Waals surface area contributed by atoms with Crippen molar-refractivity contribution in [3.63, 3.8) is 0 Å². The molecule has 1 aliphatic heterocycles. The van der Waals surface area contributed by atoms with Crippen LogP contribution in [0.3, 0.4) is 0 Å². The monoisotopic (exact) mass is 330 g/mol.